The first-order valence-electron chi connectivity index (χ1n) is 9.58. The van der Waals surface area contributed by atoms with Gasteiger partial charge in [0.25, 0.3) is 5.91 Å². The topological polar surface area (TPSA) is 91.8 Å². The molecule has 0 aliphatic heterocycles. The van der Waals surface area contributed by atoms with Crippen LogP contribution in [0.2, 0.25) is 0 Å². The number of nitrogens with zero attached hydrogens (tertiary/aromatic N) is 3. The van der Waals surface area contributed by atoms with Gasteiger partial charge in [0.1, 0.15) is 16.5 Å². The minimum absolute atomic E-state index is 0.168. The molecule has 0 aliphatic rings. The molecule has 0 radical (unpaired) electrons. The summed E-state index contributed by atoms with van der Waals surface area (Å²) in [6.07, 6.45) is 6.97. The van der Waals surface area contributed by atoms with Crippen LogP contribution in [0.5, 0.6) is 0 Å². The molecule has 9 heteroatoms. The van der Waals surface area contributed by atoms with Gasteiger partial charge in [0, 0.05) is 35.1 Å². The number of pyridine rings is 1. The number of rotatable bonds is 7. The molecule has 1 amide bonds. The largest absolute Gasteiger partial charge is 0.382 e. The Morgan fingerprint density at radius 2 is 2.10 bits per heavy atom. The Bertz CT molecular complexity index is 1270. The summed E-state index contributed by atoms with van der Waals surface area (Å²) in [6.45, 7) is 4.30. The number of thiazole rings is 2. The van der Waals surface area contributed by atoms with Crippen LogP contribution >= 0.6 is 22.7 Å². The van der Waals surface area contributed by atoms with E-state index in [1.54, 1.807) is 22.9 Å². The van der Waals surface area contributed by atoms with E-state index in [1.807, 2.05) is 23.7 Å². The number of carbonyl (C=O) groups is 1. The number of hydrogen-bond acceptors (Lipinski definition) is 8. The molecule has 156 valence electrons. The molecule has 0 unspecified atom stereocenters. The first-order valence-corrected chi connectivity index (χ1v) is 11.3. The molecule has 0 aliphatic carbocycles. The highest BCUT2D eigenvalue weighted by Crippen LogP contribution is 2.33. The zero-order valence-corrected chi connectivity index (χ0v) is 18.6. The minimum Gasteiger partial charge on any atom is -0.382 e. The lowest BCUT2D eigenvalue weighted by atomic mass is 10.2. The van der Waals surface area contributed by atoms with Crippen molar-refractivity contribution >= 4 is 56.0 Å². The van der Waals surface area contributed by atoms with Crippen molar-refractivity contribution in [3.05, 3.63) is 47.0 Å². The van der Waals surface area contributed by atoms with Crippen molar-refractivity contribution < 1.29 is 4.79 Å². The van der Waals surface area contributed by atoms with Crippen molar-refractivity contribution in [2.24, 2.45) is 0 Å². The van der Waals surface area contributed by atoms with E-state index in [9.17, 15) is 4.79 Å². The SMILES string of the molecule is C#CCNC(=O)c1csc(-c2cnc(Nc3ccc4ncsc4c3)cc2NC(C)C)n1. The second-order valence-electron chi connectivity index (χ2n) is 7.00. The van der Waals surface area contributed by atoms with Crippen molar-refractivity contribution in [3.8, 4) is 22.9 Å². The van der Waals surface area contributed by atoms with E-state index in [2.05, 4.69) is 56.7 Å². The average Bonchev–Trinajstić information content (AvgIpc) is 3.41. The molecule has 1 aromatic carbocycles. The molecule has 0 spiro atoms. The van der Waals surface area contributed by atoms with E-state index in [-0.39, 0.29) is 18.5 Å². The number of anilines is 3. The van der Waals surface area contributed by atoms with Gasteiger partial charge >= 0.3 is 0 Å². The number of hydrogen-bond donors (Lipinski definition) is 3. The van der Waals surface area contributed by atoms with Crippen molar-refractivity contribution in [1.82, 2.24) is 20.3 Å². The highest BCUT2D eigenvalue weighted by molar-refractivity contribution is 7.16. The number of terminal acetylenes is 1. The van der Waals surface area contributed by atoms with Gasteiger partial charge in [0.05, 0.1) is 27.8 Å². The summed E-state index contributed by atoms with van der Waals surface area (Å²) in [5.74, 6) is 2.81. The average molecular weight is 449 g/mol. The lowest BCUT2D eigenvalue weighted by molar-refractivity contribution is 0.0954. The van der Waals surface area contributed by atoms with Crippen LogP contribution in [0.1, 0.15) is 24.3 Å². The van der Waals surface area contributed by atoms with Gasteiger partial charge in [0.15, 0.2) is 0 Å². The summed E-state index contributed by atoms with van der Waals surface area (Å²) < 4.78 is 1.11. The molecule has 3 aromatic heterocycles. The summed E-state index contributed by atoms with van der Waals surface area (Å²) in [7, 11) is 0. The Labute approximate surface area is 188 Å². The molecule has 0 atom stereocenters. The lowest BCUT2D eigenvalue weighted by Gasteiger charge is -2.15. The number of carbonyl (C=O) groups excluding carboxylic acids is 1. The van der Waals surface area contributed by atoms with Gasteiger partial charge in [-0.15, -0.1) is 29.1 Å². The van der Waals surface area contributed by atoms with Crippen molar-refractivity contribution in [2.75, 3.05) is 17.2 Å². The maximum absolute atomic E-state index is 12.1. The number of aromatic nitrogens is 3. The second kappa shape index (κ2) is 9.12. The van der Waals surface area contributed by atoms with Crippen LogP contribution < -0.4 is 16.0 Å². The monoisotopic (exact) mass is 448 g/mol. The highest BCUT2D eigenvalue weighted by atomic mass is 32.1. The highest BCUT2D eigenvalue weighted by Gasteiger charge is 2.16. The fourth-order valence-electron chi connectivity index (χ4n) is 2.93. The number of nitrogens with one attached hydrogen (secondary N) is 3. The third-order valence-corrected chi connectivity index (χ3v) is 5.94. The van der Waals surface area contributed by atoms with Crippen LogP contribution in [0.4, 0.5) is 17.2 Å². The molecule has 0 saturated carbocycles. The van der Waals surface area contributed by atoms with E-state index < -0.39 is 0 Å². The van der Waals surface area contributed by atoms with Gasteiger partial charge < -0.3 is 16.0 Å². The molecule has 0 bridgehead atoms. The van der Waals surface area contributed by atoms with Gasteiger partial charge in [-0.1, -0.05) is 5.92 Å². The third-order valence-electron chi connectivity index (χ3n) is 4.27. The molecule has 7 nitrogen and oxygen atoms in total. The van der Waals surface area contributed by atoms with E-state index in [4.69, 9.17) is 6.42 Å². The van der Waals surface area contributed by atoms with E-state index >= 15 is 0 Å². The Hall–Kier alpha value is -3.48. The Balaban J connectivity index is 1.62. The smallest absolute Gasteiger partial charge is 0.271 e. The predicted molar refractivity (Wildman–Crippen MR) is 128 cm³/mol. The van der Waals surface area contributed by atoms with Gasteiger partial charge in [-0.3, -0.25) is 4.79 Å². The van der Waals surface area contributed by atoms with Crippen LogP contribution in [0, 0.1) is 12.3 Å². The zero-order valence-electron chi connectivity index (χ0n) is 17.0. The summed E-state index contributed by atoms with van der Waals surface area (Å²) >= 11 is 2.99. The summed E-state index contributed by atoms with van der Waals surface area (Å²) in [6, 6.07) is 8.18. The van der Waals surface area contributed by atoms with Crippen LogP contribution in [-0.2, 0) is 0 Å². The Morgan fingerprint density at radius 1 is 1.23 bits per heavy atom. The normalized spacial score (nSPS) is 10.8. The zero-order chi connectivity index (χ0) is 21.8. The van der Waals surface area contributed by atoms with Gasteiger partial charge in [0.2, 0.25) is 0 Å². The molecule has 0 fully saturated rings. The van der Waals surface area contributed by atoms with Crippen molar-refractivity contribution in [3.63, 3.8) is 0 Å². The van der Waals surface area contributed by atoms with Crippen LogP contribution in [0.15, 0.2) is 41.4 Å². The molecule has 4 aromatic rings. The number of benzene rings is 1. The minimum atomic E-state index is -0.288. The maximum Gasteiger partial charge on any atom is 0.271 e. The van der Waals surface area contributed by atoms with Crippen LogP contribution in [-0.4, -0.2) is 33.4 Å². The standard InChI is InChI=1S/C22H20N6OS2/c1-4-7-23-21(29)18-11-30-22(28-18)15-10-24-20(9-17(15)26-13(2)3)27-14-5-6-16-19(8-14)31-12-25-16/h1,5-6,8-13H,7H2,2-3H3,(H,23,29)(H2,24,26,27). The van der Waals surface area contributed by atoms with Crippen molar-refractivity contribution in [1.29, 1.82) is 0 Å². The molecule has 3 heterocycles. The molecule has 4 rings (SSSR count). The predicted octanol–water partition coefficient (Wildman–Crippen LogP) is 4.74. The molecule has 0 saturated heterocycles. The number of fused-ring (bicyclic) bond motifs is 1. The second-order valence-corrected chi connectivity index (χ2v) is 8.74. The molecule has 3 N–H and O–H groups in total. The quantitative estimate of drug-likeness (QED) is 0.354. The van der Waals surface area contributed by atoms with Gasteiger partial charge in [-0.25, -0.2) is 15.0 Å². The van der Waals surface area contributed by atoms with E-state index in [0.29, 0.717) is 16.5 Å². The first-order chi connectivity index (χ1) is 15.0. The lowest BCUT2D eigenvalue weighted by Crippen LogP contribution is -2.23. The van der Waals surface area contributed by atoms with E-state index in [0.717, 1.165) is 27.2 Å². The fourth-order valence-corrected chi connectivity index (χ4v) is 4.47. The number of amides is 1. The van der Waals surface area contributed by atoms with Crippen LogP contribution in [0.3, 0.4) is 0 Å². The summed E-state index contributed by atoms with van der Waals surface area (Å²) in [4.78, 5) is 25.5. The Kier molecular flexibility index (Phi) is 6.11. The Morgan fingerprint density at radius 3 is 2.90 bits per heavy atom. The molecule has 31 heavy (non-hydrogen) atoms. The molecular formula is C22H20N6OS2. The maximum atomic E-state index is 12.1. The fraction of sp³-hybridized carbons (Fsp3) is 0.182. The third kappa shape index (κ3) is 4.82. The summed E-state index contributed by atoms with van der Waals surface area (Å²) in [5.41, 5.74) is 5.81. The summed E-state index contributed by atoms with van der Waals surface area (Å²) in [5, 5.41) is 11.9. The van der Waals surface area contributed by atoms with Gasteiger partial charge in [-0.05, 0) is 32.0 Å². The molecular weight excluding hydrogens is 428 g/mol. The first kappa shape index (κ1) is 20.8. The van der Waals surface area contributed by atoms with Crippen molar-refractivity contribution in [2.45, 2.75) is 19.9 Å². The van der Waals surface area contributed by atoms with E-state index in [1.165, 1.54) is 11.3 Å². The van der Waals surface area contributed by atoms with Crippen LogP contribution in [0.25, 0.3) is 20.8 Å². The van der Waals surface area contributed by atoms with Gasteiger partial charge in [-0.2, -0.15) is 0 Å².